The fraction of sp³-hybridized carbons (Fsp3) is 0.118. The van der Waals surface area contributed by atoms with E-state index in [9.17, 15) is 9.59 Å². The Morgan fingerprint density at radius 2 is 1.79 bits per heavy atom. The van der Waals surface area contributed by atoms with Crippen molar-refractivity contribution in [2.75, 3.05) is 10.6 Å². The fourth-order valence-electron chi connectivity index (χ4n) is 2.09. The van der Waals surface area contributed by atoms with Gasteiger partial charge in [-0.3, -0.25) is 14.9 Å². The number of benzene rings is 1. The van der Waals surface area contributed by atoms with Crippen LogP contribution in [-0.4, -0.2) is 16.8 Å². The standard InChI is InChI=1S/C17H15N3O2S2/c1-10-3-8-15(24-10)14-9-23-17(19-14)20-16(22)12-4-6-13(7-5-12)18-11(2)21/h3-9H,1-2H3,(H,18,21)(H,19,20,22). The summed E-state index contributed by atoms with van der Waals surface area (Å²) in [6.45, 7) is 3.49. The molecule has 2 aromatic heterocycles. The second-order valence-corrected chi connectivity index (χ2v) is 7.31. The Hall–Kier alpha value is -2.51. The number of nitrogens with zero attached hydrogens (tertiary/aromatic N) is 1. The highest BCUT2D eigenvalue weighted by Gasteiger charge is 2.11. The van der Waals surface area contributed by atoms with E-state index in [-0.39, 0.29) is 11.8 Å². The lowest BCUT2D eigenvalue weighted by Crippen LogP contribution is -2.12. The van der Waals surface area contributed by atoms with E-state index >= 15 is 0 Å². The van der Waals surface area contributed by atoms with Crippen LogP contribution < -0.4 is 10.6 Å². The van der Waals surface area contributed by atoms with Crippen LogP contribution in [0.2, 0.25) is 0 Å². The molecule has 0 aliphatic heterocycles. The van der Waals surface area contributed by atoms with Gasteiger partial charge in [-0.1, -0.05) is 0 Å². The Balaban J connectivity index is 1.68. The van der Waals surface area contributed by atoms with Gasteiger partial charge in [0.1, 0.15) is 0 Å². The number of carbonyl (C=O) groups is 2. The van der Waals surface area contributed by atoms with Crippen LogP contribution in [0.3, 0.4) is 0 Å². The average Bonchev–Trinajstić information content (AvgIpc) is 3.16. The zero-order valence-electron chi connectivity index (χ0n) is 13.1. The molecule has 2 N–H and O–H groups in total. The van der Waals surface area contributed by atoms with Crippen molar-refractivity contribution in [1.82, 2.24) is 4.98 Å². The van der Waals surface area contributed by atoms with E-state index in [1.54, 1.807) is 35.6 Å². The van der Waals surface area contributed by atoms with Crippen molar-refractivity contribution < 1.29 is 9.59 Å². The van der Waals surface area contributed by atoms with Crippen molar-refractivity contribution in [2.24, 2.45) is 0 Å². The highest BCUT2D eigenvalue weighted by atomic mass is 32.1. The molecule has 7 heteroatoms. The number of thiazole rings is 1. The topological polar surface area (TPSA) is 71.1 Å². The average molecular weight is 357 g/mol. The molecule has 0 spiro atoms. The molecule has 2 amide bonds. The fourth-order valence-corrected chi connectivity index (χ4v) is 3.70. The summed E-state index contributed by atoms with van der Waals surface area (Å²) in [5.74, 6) is -0.376. The summed E-state index contributed by atoms with van der Waals surface area (Å²) in [6.07, 6.45) is 0. The first kappa shape index (κ1) is 16.4. The maximum absolute atomic E-state index is 12.3. The van der Waals surface area contributed by atoms with Gasteiger partial charge in [0.25, 0.3) is 5.91 Å². The lowest BCUT2D eigenvalue weighted by Gasteiger charge is -2.04. The van der Waals surface area contributed by atoms with Gasteiger partial charge in [-0.25, -0.2) is 4.98 Å². The van der Waals surface area contributed by atoms with Crippen LogP contribution >= 0.6 is 22.7 Å². The van der Waals surface area contributed by atoms with Crippen LogP contribution in [0.25, 0.3) is 10.6 Å². The Labute approximate surface area is 147 Å². The molecule has 0 unspecified atom stereocenters. The normalized spacial score (nSPS) is 10.4. The highest BCUT2D eigenvalue weighted by Crippen LogP contribution is 2.30. The van der Waals surface area contributed by atoms with Gasteiger partial charge in [0.15, 0.2) is 5.13 Å². The SMILES string of the molecule is CC(=O)Nc1ccc(C(=O)Nc2nc(-c3ccc(C)s3)cs2)cc1. The molecule has 5 nitrogen and oxygen atoms in total. The number of aromatic nitrogens is 1. The number of thiophene rings is 1. The second kappa shape index (κ2) is 6.94. The number of hydrogen-bond donors (Lipinski definition) is 2. The molecule has 2 heterocycles. The van der Waals surface area contributed by atoms with E-state index < -0.39 is 0 Å². The molecular formula is C17H15N3O2S2. The van der Waals surface area contributed by atoms with Crippen molar-refractivity contribution >= 4 is 45.3 Å². The first-order valence-corrected chi connectivity index (χ1v) is 8.92. The molecule has 24 heavy (non-hydrogen) atoms. The van der Waals surface area contributed by atoms with Crippen LogP contribution in [0.4, 0.5) is 10.8 Å². The third-order valence-corrected chi connectivity index (χ3v) is 4.97. The van der Waals surface area contributed by atoms with Gasteiger partial charge in [0.05, 0.1) is 10.6 Å². The largest absolute Gasteiger partial charge is 0.326 e. The second-order valence-electron chi connectivity index (χ2n) is 5.16. The Morgan fingerprint density at radius 1 is 1.04 bits per heavy atom. The van der Waals surface area contributed by atoms with E-state index in [0.717, 1.165) is 10.6 Å². The smallest absolute Gasteiger partial charge is 0.257 e. The van der Waals surface area contributed by atoms with E-state index in [0.29, 0.717) is 16.4 Å². The van der Waals surface area contributed by atoms with Crippen LogP contribution in [0, 0.1) is 6.92 Å². The molecule has 0 fully saturated rings. The molecule has 0 bridgehead atoms. The van der Waals surface area contributed by atoms with Gasteiger partial charge in [0.2, 0.25) is 5.91 Å². The summed E-state index contributed by atoms with van der Waals surface area (Å²) >= 11 is 3.07. The van der Waals surface area contributed by atoms with Gasteiger partial charge in [-0.15, -0.1) is 22.7 Å². The Kier molecular flexibility index (Phi) is 4.73. The number of carbonyl (C=O) groups excluding carboxylic acids is 2. The lowest BCUT2D eigenvalue weighted by atomic mass is 10.2. The first-order chi connectivity index (χ1) is 11.5. The minimum atomic E-state index is -0.229. The van der Waals surface area contributed by atoms with Crippen molar-refractivity contribution in [1.29, 1.82) is 0 Å². The number of amides is 2. The van der Waals surface area contributed by atoms with Crippen LogP contribution in [0.1, 0.15) is 22.2 Å². The third kappa shape index (κ3) is 3.87. The minimum Gasteiger partial charge on any atom is -0.326 e. The number of aryl methyl sites for hydroxylation is 1. The number of anilines is 2. The molecule has 0 aliphatic rings. The third-order valence-electron chi connectivity index (χ3n) is 3.18. The van der Waals surface area contributed by atoms with E-state index in [1.165, 1.54) is 23.1 Å². The molecule has 3 rings (SSSR count). The van der Waals surface area contributed by atoms with Crippen molar-refractivity contribution in [3.05, 3.63) is 52.2 Å². The number of nitrogens with one attached hydrogen (secondary N) is 2. The molecule has 0 radical (unpaired) electrons. The highest BCUT2D eigenvalue weighted by molar-refractivity contribution is 7.17. The van der Waals surface area contributed by atoms with Crippen LogP contribution in [-0.2, 0) is 4.79 Å². The summed E-state index contributed by atoms with van der Waals surface area (Å²) in [6, 6.07) is 10.8. The predicted octanol–water partition coefficient (Wildman–Crippen LogP) is 4.39. The van der Waals surface area contributed by atoms with Crippen molar-refractivity contribution in [2.45, 2.75) is 13.8 Å². The summed E-state index contributed by atoms with van der Waals surface area (Å²) < 4.78 is 0. The summed E-state index contributed by atoms with van der Waals surface area (Å²) in [7, 11) is 0. The quantitative estimate of drug-likeness (QED) is 0.727. The molecule has 0 saturated carbocycles. The molecular weight excluding hydrogens is 342 g/mol. The lowest BCUT2D eigenvalue weighted by molar-refractivity contribution is -0.114. The number of hydrogen-bond acceptors (Lipinski definition) is 5. The Bertz CT molecular complexity index is 881. The van der Waals surface area contributed by atoms with E-state index in [4.69, 9.17) is 0 Å². The Morgan fingerprint density at radius 3 is 2.42 bits per heavy atom. The zero-order chi connectivity index (χ0) is 17.1. The van der Waals surface area contributed by atoms with Gasteiger partial charge in [0, 0.05) is 28.4 Å². The molecule has 122 valence electrons. The van der Waals surface area contributed by atoms with Gasteiger partial charge < -0.3 is 5.32 Å². The van der Waals surface area contributed by atoms with E-state index in [1.807, 2.05) is 24.4 Å². The monoisotopic (exact) mass is 357 g/mol. The molecule has 3 aromatic rings. The van der Waals surface area contributed by atoms with Gasteiger partial charge >= 0.3 is 0 Å². The summed E-state index contributed by atoms with van der Waals surface area (Å²) in [4.78, 5) is 30.0. The maximum atomic E-state index is 12.3. The zero-order valence-corrected chi connectivity index (χ0v) is 14.8. The van der Waals surface area contributed by atoms with Gasteiger partial charge in [-0.2, -0.15) is 0 Å². The minimum absolute atomic E-state index is 0.147. The first-order valence-electron chi connectivity index (χ1n) is 7.22. The summed E-state index contributed by atoms with van der Waals surface area (Å²) in [5.41, 5.74) is 2.03. The molecule has 0 aliphatic carbocycles. The van der Waals surface area contributed by atoms with Crippen LogP contribution in [0.15, 0.2) is 41.8 Å². The van der Waals surface area contributed by atoms with Crippen LogP contribution in [0.5, 0.6) is 0 Å². The molecule has 0 atom stereocenters. The predicted molar refractivity (Wildman–Crippen MR) is 98.9 cm³/mol. The molecule has 0 saturated heterocycles. The van der Waals surface area contributed by atoms with Gasteiger partial charge in [-0.05, 0) is 43.3 Å². The van der Waals surface area contributed by atoms with E-state index in [2.05, 4.69) is 15.6 Å². The molecule has 1 aromatic carbocycles. The van der Waals surface area contributed by atoms with Crippen molar-refractivity contribution in [3.8, 4) is 10.6 Å². The number of rotatable bonds is 4. The van der Waals surface area contributed by atoms with Crippen molar-refractivity contribution in [3.63, 3.8) is 0 Å². The summed E-state index contributed by atoms with van der Waals surface area (Å²) in [5, 5.41) is 7.96. The maximum Gasteiger partial charge on any atom is 0.257 e.